The van der Waals surface area contributed by atoms with Gasteiger partial charge in [-0.3, -0.25) is 0 Å². The molecule has 0 radical (unpaired) electrons. The van der Waals surface area contributed by atoms with Crippen molar-refractivity contribution in [2.24, 2.45) is 0 Å². The average molecular weight is 217 g/mol. The molecular weight excluding hydrogens is 205 g/mol. The van der Waals surface area contributed by atoms with Gasteiger partial charge in [-0.15, -0.1) is 0 Å². The molecule has 0 saturated heterocycles. The third-order valence-electron chi connectivity index (χ3n) is 2.19. The largest absolute Gasteiger partial charge is 0.384 e. The second kappa shape index (κ2) is 4.18. The molecule has 82 valence electrons. The first kappa shape index (κ1) is 10.4. The second-order valence-electron chi connectivity index (χ2n) is 3.58. The number of aromatic nitrogens is 1. The monoisotopic (exact) mass is 217 g/mol. The summed E-state index contributed by atoms with van der Waals surface area (Å²) in [5.74, 6) is 0.159. The summed E-state index contributed by atoms with van der Waals surface area (Å²) >= 11 is 0. The Balaban J connectivity index is 2.23. The van der Waals surface area contributed by atoms with Crippen LogP contribution in [-0.4, -0.2) is 4.98 Å². The van der Waals surface area contributed by atoms with Gasteiger partial charge in [0.15, 0.2) is 0 Å². The fourth-order valence-electron chi connectivity index (χ4n) is 1.36. The molecule has 0 unspecified atom stereocenters. The molecule has 0 aliphatic heterocycles. The Bertz CT molecular complexity index is 494. The van der Waals surface area contributed by atoms with E-state index in [4.69, 9.17) is 5.73 Å². The molecule has 0 bridgehead atoms. The van der Waals surface area contributed by atoms with Gasteiger partial charge in [-0.05, 0) is 36.8 Å². The third-order valence-corrected chi connectivity index (χ3v) is 2.19. The topological polar surface area (TPSA) is 50.9 Å². The smallest absolute Gasteiger partial charge is 0.146 e. The third kappa shape index (κ3) is 2.28. The van der Waals surface area contributed by atoms with Gasteiger partial charge in [-0.2, -0.15) is 0 Å². The lowest BCUT2D eigenvalue weighted by atomic mass is 10.2. The number of pyridine rings is 1. The van der Waals surface area contributed by atoms with E-state index in [1.54, 1.807) is 24.4 Å². The van der Waals surface area contributed by atoms with Crippen molar-refractivity contribution >= 4 is 17.2 Å². The summed E-state index contributed by atoms with van der Waals surface area (Å²) in [6, 6.07) is 8.43. The van der Waals surface area contributed by atoms with Crippen LogP contribution in [-0.2, 0) is 0 Å². The Morgan fingerprint density at radius 3 is 2.69 bits per heavy atom. The molecule has 0 atom stereocenters. The van der Waals surface area contributed by atoms with Gasteiger partial charge in [0.05, 0.1) is 17.6 Å². The van der Waals surface area contributed by atoms with Gasteiger partial charge in [-0.1, -0.05) is 6.07 Å². The number of benzene rings is 1. The molecule has 3 nitrogen and oxygen atoms in total. The summed E-state index contributed by atoms with van der Waals surface area (Å²) in [5.41, 5.74) is 7.48. The lowest BCUT2D eigenvalue weighted by molar-refractivity contribution is 0.630. The fourth-order valence-corrected chi connectivity index (χ4v) is 1.36. The van der Waals surface area contributed by atoms with Crippen LogP contribution in [0.15, 0.2) is 36.5 Å². The zero-order valence-corrected chi connectivity index (χ0v) is 8.87. The first-order valence-corrected chi connectivity index (χ1v) is 4.90. The quantitative estimate of drug-likeness (QED) is 0.813. The maximum atomic E-state index is 13.5. The lowest BCUT2D eigenvalue weighted by Gasteiger charge is -2.07. The molecule has 0 spiro atoms. The normalized spacial score (nSPS) is 10.1. The molecule has 0 aliphatic carbocycles. The van der Waals surface area contributed by atoms with Gasteiger partial charge in [-0.25, -0.2) is 9.37 Å². The molecule has 1 heterocycles. The number of aryl methyl sites for hydroxylation is 1. The number of nitrogens with zero attached hydrogens (tertiary/aromatic N) is 1. The van der Waals surface area contributed by atoms with E-state index >= 15 is 0 Å². The zero-order valence-electron chi connectivity index (χ0n) is 8.87. The Morgan fingerprint density at radius 1 is 1.25 bits per heavy atom. The van der Waals surface area contributed by atoms with Gasteiger partial charge < -0.3 is 11.1 Å². The Hall–Kier alpha value is -2.10. The van der Waals surface area contributed by atoms with Crippen molar-refractivity contribution < 1.29 is 4.39 Å². The summed E-state index contributed by atoms with van der Waals surface area (Å²) in [6.07, 6.45) is 1.56. The predicted octanol–water partition coefficient (Wildman–Crippen LogP) is 2.85. The van der Waals surface area contributed by atoms with E-state index in [9.17, 15) is 4.39 Å². The SMILES string of the molecule is Cc1ccc(Nc2ccc(N)nc2)c(F)c1. The van der Waals surface area contributed by atoms with Crippen molar-refractivity contribution in [3.63, 3.8) is 0 Å². The molecule has 0 fully saturated rings. The van der Waals surface area contributed by atoms with Crippen molar-refractivity contribution in [1.82, 2.24) is 4.98 Å². The zero-order chi connectivity index (χ0) is 11.5. The molecule has 2 aromatic rings. The van der Waals surface area contributed by atoms with E-state index in [0.29, 0.717) is 17.2 Å². The van der Waals surface area contributed by atoms with Crippen molar-refractivity contribution in [3.8, 4) is 0 Å². The highest BCUT2D eigenvalue weighted by atomic mass is 19.1. The minimum atomic E-state index is -0.281. The van der Waals surface area contributed by atoms with Crippen molar-refractivity contribution in [3.05, 3.63) is 47.9 Å². The van der Waals surface area contributed by atoms with Gasteiger partial charge in [0.2, 0.25) is 0 Å². The van der Waals surface area contributed by atoms with E-state index < -0.39 is 0 Å². The number of nitrogens with one attached hydrogen (secondary N) is 1. The molecule has 0 aliphatic rings. The van der Waals surface area contributed by atoms with Crippen molar-refractivity contribution in [2.45, 2.75) is 6.92 Å². The molecule has 3 N–H and O–H groups in total. The van der Waals surface area contributed by atoms with Gasteiger partial charge in [0, 0.05) is 0 Å². The minimum absolute atomic E-state index is 0.281. The van der Waals surface area contributed by atoms with Crippen LogP contribution in [0.2, 0.25) is 0 Å². The molecular formula is C12H12FN3. The lowest BCUT2D eigenvalue weighted by Crippen LogP contribution is -1.96. The van der Waals surface area contributed by atoms with Crippen LogP contribution in [0.5, 0.6) is 0 Å². The van der Waals surface area contributed by atoms with Gasteiger partial charge in [0.25, 0.3) is 0 Å². The van der Waals surface area contributed by atoms with Crippen LogP contribution in [0.3, 0.4) is 0 Å². The van der Waals surface area contributed by atoms with Crippen LogP contribution < -0.4 is 11.1 Å². The highest BCUT2D eigenvalue weighted by Gasteiger charge is 2.02. The Kier molecular flexibility index (Phi) is 2.72. The number of rotatable bonds is 2. The fraction of sp³-hybridized carbons (Fsp3) is 0.0833. The van der Waals surface area contributed by atoms with Crippen LogP contribution in [0.25, 0.3) is 0 Å². The minimum Gasteiger partial charge on any atom is -0.384 e. The summed E-state index contributed by atoms with van der Waals surface area (Å²) in [6.45, 7) is 1.84. The summed E-state index contributed by atoms with van der Waals surface area (Å²) in [5, 5.41) is 2.93. The van der Waals surface area contributed by atoms with E-state index in [-0.39, 0.29) is 5.82 Å². The van der Waals surface area contributed by atoms with Crippen molar-refractivity contribution in [2.75, 3.05) is 11.1 Å². The van der Waals surface area contributed by atoms with E-state index in [0.717, 1.165) is 5.56 Å². The molecule has 16 heavy (non-hydrogen) atoms. The summed E-state index contributed by atoms with van der Waals surface area (Å²) < 4.78 is 13.5. The maximum absolute atomic E-state index is 13.5. The number of halogens is 1. The number of hydrogen-bond donors (Lipinski definition) is 2. The average Bonchev–Trinajstić information content (AvgIpc) is 2.25. The standard InChI is InChI=1S/C12H12FN3/c1-8-2-4-11(10(13)6-8)16-9-3-5-12(14)15-7-9/h2-7,16H,1H3,(H2,14,15). The van der Waals surface area contributed by atoms with Gasteiger partial charge in [0.1, 0.15) is 11.6 Å². The highest BCUT2D eigenvalue weighted by molar-refractivity contribution is 5.60. The molecule has 2 rings (SSSR count). The van der Waals surface area contributed by atoms with Crippen LogP contribution in [0.1, 0.15) is 5.56 Å². The number of nitrogens with two attached hydrogens (primary N) is 1. The first-order valence-electron chi connectivity index (χ1n) is 4.90. The van der Waals surface area contributed by atoms with E-state index in [2.05, 4.69) is 10.3 Å². The van der Waals surface area contributed by atoms with Crippen LogP contribution in [0, 0.1) is 12.7 Å². The van der Waals surface area contributed by atoms with E-state index in [1.807, 2.05) is 13.0 Å². The maximum Gasteiger partial charge on any atom is 0.146 e. The molecule has 1 aromatic carbocycles. The molecule has 0 amide bonds. The molecule has 0 saturated carbocycles. The first-order chi connectivity index (χ1) is 7.65. The van der Waals surface area contributed by atoms with Crippen LogP contribution in [0.4, 0.5) is 21.6 Å². The van der Waals surface area contributed by atoms with Crippen molar-refractivity contribution in [1.29, 1.82) is 0 Å². The number of hydrogen-bond acceptors (Lipinski definition) is 3. The summed E-state index contributed by atoms with van der Waals surface area (Å²) in [4.78, 5) is 3.92. The number of nitrogen functional groups attached to an aromatic ring is 1. The second-order valence-corrected chi connectivity index (χ2v) is 3.58. The van der Waals surface area contributed by atoms with Gasteiger partial charge >= 0.3 is 0 Å². The van der Waals surface area contributed by atoms with Crippen LogP contribution >= 0.6 is 0 Å². The Labute approximate surface area is 93.1 Å². The Morgan fingerprint density at radius 2 is 2.06 bits per heavy atom. The summed E-state index contributed by atoms with van der Waals surface area (Å²) in [7, 11) is 0. The van der Waals surface area contributed by atoms with E-state index in [1.165, 1.54) is 6.07 Å². The predicted molar refractivity (Wildman–Crippen MR) is 63.1 cm³/mol. The highest BCUT2D eigenvalue weighted by Crippen LogP contribution is 2.20. The number of anilines is 3. The molecule has 4 heteroatoms. The molecule has 1 aromatic heterocycles.